The Morgan fingerprint density at radius 2 is 1.96 bits per heavy atom. The van der Waals surface area contributed by atoms with Gasteiger partial charge in [0.15, 0.2) is 0 Å². The molecule has 3 heterocycles. The van der Waals surface area contributed by atoms with E-state index in [0.29, 0.717) is 35.0 Å². The highest BCUT2D eigenvalue weighted by Gasteiger charge is 2.18. The number of rotatable bonds is 3. The summed E-state index contributed by atoms with van der Waals surface area (Å²) in [5.41, 5.74) is 9.31. The van der Waals surface area contributed by atoms with Crippen molar-refractivity contribution in [2.45, 2.75) is 6.04 Å². The van der Waals surface area contributed by atoms with E-state index in [-0.39, 0.29) is 0 Å². The number of benzene rings is 1. The monoisotopic (exact) mass is 371 g/mol. The maximum atomic E-state index is 12.1. The molecule has 134 valence electrons. The number of anilines is 1. The third-order valence-corrected chi connectivity index (χ3v) is 4.73. The Hall–Kier alpha value is -2.48. The largest absolute Gasteiger partial charge is 0.378 e. The number of hydrogen-bond donors (Lipinski definition) is 2. The van der Waals surface area contributed by atoms with Crippen LogP contribution in [0.2, 0.25) is 5.02 Å². The Balaban J connectivity index is 1.77. The van der Waals surface area contributed by atoms with Gasteiger partial charge in [0, 0.05) is 18.1 Å². The van der Waals surface area contributed by atoms with E-state index in [1.54, 1.807) is 18.3 Å². The molecule has 3 N–H and O–H groups in total. The molecule has 0 bridgehead atoms. The number of nitrogens with zero attached hydrogens (tertiary/aromatic N) is 3. The van der Waals surface area contributed by atoms with Crippen molar-refractivity contribution in [1.29, 1.82) is 0 Å². The molecule has 1 saturated heterocycles. The quantitative estimate of drug-likeness (QED) is 0.729. The number of nitrogens with two attached hydrogens (primary N) is 1. The summed E-state index contributed by atoms with van der Waals surface area (Å²) in [5, 5.41) is 0.623. The van der Waals surface area contributed by atoms with Gasteiger partial charge >= 0.3 is 5.69 Å². The van der Waals surface area contributed by atoms with Crippen molar-refractivity contribution in [3.8, 4) is 0 Å². The van der Waals surface area contributed by atoms with Gasteiger partial charge in [0.25, 0.3) is 0 Å². The van der Waals surface area contributed by atoms with Gasteiger partial charge in [-0.25, -0.2) is 4.79 Å². The number of pyridine rings is 1. The molecule has 4 rings (SSSR count). The second kappa shape index (κ2) is 7.03. The molecular weight excluding hydrogens is 354 g/mol. The van der Waals surface area contributed by atoms with Crippen LogP contribution in [0.25, 0.3) is 11.0 Å². The number of nitrogens with one attached hydrogen (secondary N) is 1. The van der Waals surface area contributed by atoms with Gasteiger partial charge in [0.2, 0.25) is 0 Å². The van der Waals surface area contributed by atoms with E-state index in [0.717, 1.165) is 24.3 Å². The number of morpholine rings is 1. The fourth-order valence-corrected chi connectivity index (χ4v) is 3.22. The Labute approximate surface area is 154 Å². The summed E-state index contributed by atoms with van der Waals surface area (Å²) in [6.07, 6.45) is 1.78. The van der Waals surface area contributed by atoms with Crippen molar-refractivity contribution in [3.05, 3.63) is 63.3 Å². The minimum Gasteiger partial charge on any atom is -0.378 e. The van der Waals surface area contributed by atoms with Gasteiger partial charge in [-0.2, -0.15) is 4.98 Å². The molecule has 3 aromatic rings. The van der Waals surface area contributed by atoms with Crippen LogP contribution in [0.5, 0.6) is 0 Å². The van der Waals surface area contributed by atoms with Gasteiger partial charge in [-0.3, -0.25) is 4.98 Å². The molecule has 1 fully saturated rings. The maximum absolute atomic E-state index is 12.1. The third kappa shape index (κ3) is 3.29. The lowest BCUT2D eigenvalue weighted by molar-refractivity contribution is 0.122. The number of halogens is 1. The second-order valence-corrected chi connectivity index (χ2v) is 6.58. The van der Waals surface area contributed by atoms with Crippen molar-refractivity contribution in [2.75, 3.05) is 31.2 Å². The van der Waals surface area contributed by atoms with Crippen LogP contribution in [0, 0.1) is 0 Å². The summed E-state index contributed by atoms with van der Waals surface area (Å²) >= 11 is 5.94. The van der Waals surface area contributed by atoms with Gasteiger partial charge in [0.1, 0.15) is 5.52 Å². The minimum atomic E-state index is -0.571. The summed E-state index contributed by atoms with van der Waals surface area (Å²) in [6.45, 7) is 2.94. The van der Waals surface area contributed by atoms with Crippen LogP contribution in [-0.4, -0.2) is 41.3 Å². The molecule has 1 aliphatic heterocycles. The number of H-pyrrole nitrogens is 1. The zero-order chi connectivity index (χ0) is 18.1. The van der Waals surface area contributed by atoms with Crippen LogP contribution in [0.3, 0.4) is 0 Å². The van der Waals surface area contributed by atoms with Gasteiger partial charge in [-0.05, 0) is 23.8 Å². The predicted octanol–water partition coefficient (Wildman–Crippen LogP) is 1.86. The highest BCUT2D eigenvalue weighted by atomic mass is 35.5. The van der Waals surface area contributed by atoms with Crippen LogP contribution in [0.1, 0.15) is 17.3 Å². The molecule has 1 aromatic carbocycles. The Kier molecular flexibility index (Phi) is 4.58. The zero-order valence-corrected chi connectivity index (χ0v) is 14.7. The number of aromatic nitrogens is 3. The van der Waals surface area contributed by atoms with Crippen LogP contribution in [0.15, 0.2) is 41.3 Å². The fraction of sp³-hybridized carbons (Fsp3) is 0.278. The average Bonchev–Trinajstić information content (AvgIpc) is 2.67. The Morgan fingerprint density at radius 3 is 2.69 bits per heavy atom. The molecule has 0 saturated carbocycles. The first-order chi connectivity index (χ1) is 12.6. The predicted molar refractivity (Wildman–Crippen MR) is 101 cm³/mol. The van der Waals surface area contributed by atoms with Gasteiger partial charge in [-0.1, -0.05) is 23.7 Å². The lowest BCUT2D eigenvalue weighted by Gasteiger charge is -2.28. The topological polar surface area (TPSA) is 97.1 Å². The number of aromatic amines is 1. The summed E-state index contributed by atoms with van der Waals surface area (Å²) in [7, 11) is 0. The maximum Gasteiger partial charge on any atom is 0.345 e. The van der Waals surface area contributed by atoms with E-state index >= 15 is 0 Å². The molecule has 26 heavy (non-hydrogen) atoms. The first-order valence-electron chi connectivity index (χ1n) is 8.35. The number of ether oxygens (including phenoxy) is 1. The minimum absolute atomic E-state index is 0.444. The molecule has 0 radical (unpaired) electrons. The molecule has 1 atom stereocenters. The van der Waals surface area contributed by atoms with E-state index in [2.05, 4.69) is 19.9 Å². The van der Waals surface area contributed by atoms with Crippen LogP contribution in [0.4, 0.5) is 5.69 Å². The van der Waals surface area contributed by atoms with Crippen LogP contribution in [-0.2, 0) is 4.74 Å². The Bertz CT molecular complexity index is 983. The average molecular weight is 372 g/mol. The Morgan fingerprint density at radius 1 is 1.23 bits per heavy atom. The molecule has 7 nitrogen and oxygen atoms in total. The second-order valence-electron chi connectivity index (χ2n) is 6.15. The lowest BCUT2D eigenvalue weighted by atomic mass is 10.0. The summed E-state index contributed by atoms with van der Waals surface area (Å²) in [6, 6.07) is 8.51. The summed E-state index contributed by atoms with van der Waals surface area (Å²) in [4.78, 5) is 25.6. The molecule has 2 aromatic heterocycles. The van der Waals surface area contributed by atoms with E-state index in [4.69, 9.17) is 22.1 Å². The van der Waals surface area contributed by atoms with Crippen molar-refractivity contribution in [2.24, 2.45) is 5.73 Å². The van der Waals surface area contributed by atoms with Crippen LogP contribution < -0.4 is 16.3 Å². The standard InChI is InChI=1S/C18H18ClN5O2/c19-12-3-1-11(2-4-12)15(20)17-16-14(22-18(25)23-17)9-13(10-21-16)24-5-7-26-8-6-24/h1-4,9-10,15H,5-8,20H2,(H,22,23,25). The van der Waals surface area contributed by atoms with Crippen molar-refractivity contribution < 1.29 is 4.74 Å². The van der Waals surface area contributed by atoms with Crippen molar-refractivity contribution in [1.82, 2.24) is 15.0 Å². The highest BCUT2D eigenvalue weighted by Crippen LogP contribution is 2.26. The normalized spacial score (nSPS) is 16.0. The van der Waals surface area contributed by atoms with E-state index in [1.165, 1.54) is 0 Å². The zero-order valence-electron chi connectivity index (χ0n) is 14.0. The van der Waals surface area contributed by atoms with Gasteiger partial charge in [-0.15, -0.1) is 0 Å². The van der Waals surface area contributed by atoms with Crippen molar-refractivity contribution >= 4 is 28.3 Å². The van der Waals surface area contributed by atoms with Gasteiger partial charge in [0.05, 0.1) is 42.4 Å². The highest BCUT2D eigenvalue weighted by molar-refractivity contribution is 6.30. The van der Waals surface area contributed by atoms with Gasteiger partial charge < -0.3 is 20.4 Å². The molecular formula is C18H18ClN5O2. The molecule has 0 amide bonds. The molecule has 0 aliphatic carbocycles. The molecule has 1 unspecified atom stereocenters. The van der Waals surface area contributed by atoms with E-state index in [1.807, 2.05) is 18.2 Å². The summed E-state index contributed by atoms with van der Waals surface area (Å²) < 4.78 is 5.38. The molecule has 8 heteroatoms. The first kappa shape index (κ1) is 17.0. The van der Waals surface area contributed by atoms with E-state index in [9.17, 15) is 4.79 Å². The third-order valence-electron chi connectivity index (χ3n) is 4.48. The smallest absolute Gasteiger partial charge is 0.345 e. The van der Waals surface area contributed by atoms with Crippen molar-refractivity contribution in [3.63, 3.8) is 0 Å². The SMILES string of the molecule is NC(c1ccc(Cl)cc1)c1nc(=O)[nH]c2cc(N3CCOCC3)cnc12. The molecule has 1 aliphatic rings. The fourth-order valence-electron chi connectivity index (χ4n) is 3.10. The number of fused-ring (bicyclic) bond motifs is 1. The van der Waals surface area contributed by atoms with Crippen LogP contribution >= 0.6 is 11.6 Å². The molecule has 0 spiro atoms. The first-order valence-corrected chi connectivity index (χ1v) is 8.73. The summed E-state index contributed by atoms with van der Waals surface area (Å²) in [5.74, 6) is 0. The van der Waals surface area contributed by atoms with E-state index < -0.39 is 11.7 Å². The number of hydrogen-bond acceptors (Lipinski definition) is 6. The lowest BCUT2D eigenvalue weighted by Crippen LogP contribution is -2.36.